The van der Waals surface area contributed by atoms with Gasteiger partial charge in [0.2, 0.25) is 0 Å². The number of nitrogens with one attached hydrogen (secondary N) is 3. The first-order chi connectivity index (χ1) is 19.6. The maximum Gasteiger partial charge on any atom is 0.116 e. The molecule has 0 aliphatic carbocycles. The van der Waals surface area contributed by atoms with E-state index in [9.17, 15) is 0 Å². The van der Waals surface area contributed by atoms with Crippen LogP contribution in [0.4, 0.5) is 0 Å². The second-order valence-corrected chi connectivity index (χ2v) is 10.7. The number of aryl methyl sites for hydroxylation is 1. The lowest BCUT2D eigenvalue weighted by Crippen LogP contribution is -2.43. The van der Waals surface area contributed by atoms with Crippen LogP contribution in [-0.2, 0) is 0 Å². The van der Waals surface area contributed by atoms with Crippen LogP contribution in [0.2, 0.25) is 0 Å². The normalized spacial score (nSPS) is 16.5. The molecule has 0 aromatic carbocycles. The van der Waals surface area contributed by atoms with Gasteiger partial charge in [0.05, 0.1) is 11.0 Å². The summed E-state index contributed by atoms with van der Waals surface area (Å²) in [6.45, 7) is 27.4. The van der Waals surface area contributed by atoms with Crippen molar-refractivity contribution in [3.05, 3.63) is 107 Å². The number of allylic oxidation sites excluding steroid dienone is 7. The Hall–Kier alpha value is -4.07. The fraction of sp³-hybridized carbons (Fsp3) is 0.324. The Morgan fingerprint density at radius 2 is 1.85 bits per heavy atom. The Bertz CT molecular complexity index is 1480. The Balaban J connectivity index is 2.00. The Labute approximate surface area is 246 Å². The molecule has 3 rings (SSSR count). The first kappa shape index (κ1) is 31.5. The number of hydrogen-bond donors (Lipinski definition) is 3. The van der Waals surface area contributed by atoms with Gasteiger partial charge in [0, 0.05) is 66.3 Å². The fourth-order valence-corrected chi connectivity index (χ4v) is 4.97. The Morgan fingerprint density at radius 1 is 1.15 bits per heavy atom. The molecule has 218 valence electrons. The zero-order chi connectivity index (χ0) is 30.1. The largest absolute Gasteiger partial charge is 0.368 e. The number of likely N-dealkylation sites (N-methyl/N-ethyl adjacent to an activating group) is 2. The van der Waals surface area contributed by atoms with Crippen LogP contribution >= 0.6 is 0 Å². The lowest BCUT2D eigenvalue weighted by atomic mass is 10.0. The van der Waals surface area contributed by atoms with E-state index in [-0.39, 0.29) is 0 Å². The van der Waals surface area contributed by atoms with Gasteiger partial charge in [-0.1, -0.05) is 44.5 Å². The minimum atomic E-state index is 0.730. The molecule has 2 aromatic heterocycles. The first-order valence-electron chi connectivity index (χ1n) is 14.1. The molecule has 1 aliphatic rings. The lowest BCUT2D eigenvalue weighted by Gasteiger charge is -2.35. The van der Waals surface area contributed by atoms with Crippen molar-refractivity contribution >= 4 is 17.8 Å². The number of aromatic amines is 2. The molecule has 0 unspecified atom stereocenters. The minimum absolute atomic E-state index is 0.730. The molecule has 7 heteroatoms. The van der Waals surface area contributed by atoms with Gasteiger partial charge in [-0.05, 0) is 83.4 Å². The van der Waals surface area contributed by atoms with Crippen LogP contribution in [0.3, 0.4) is 0 Å². The summed E-state index contributed by atoms with van der Waals surface area (Å²) < 4.78 is 0. The smallest absolute Gasteiger partial charge is 0.116 e. The van der Waals surface area contributed by atoms with Gasteiger partial charge < -0.3 is 25.0 Å². The van der Waals surface area contributed by atoms with Crippen molar-refractivity contribution in [2.45, 2.75) is 20.8 Å². The minimum Gasteiger partial charge on any atom is -0.368 e. The topological polar surface area (TPSA) is 66.2 Å². The molecule has 1 fully saturated rings. The monoisotopic (exact) mass is 553 g/mol. The van der Waals surface area contributed by atoms with E-state index in [0.29, 0.717) is 0 Å². The van der Waals surface area contributed by atoms with E-state index in [1.807, 2.05) is 52.2 Å². The van der Waals surface area contributed by atoms with Gasteiger partial charge in [-0.25, -0.2) is 0 Å². The molecule has 7 nitrogen and oxygen atoms in total. The van der Waals surface area contributed by atoms with Gasteiger partial charge in [0.25, 0.3) is 0 Å². The Morgan fingerprint density at radius 3 is 2.44 bits per heavy atom. The summed E-state index contributed by atoms with van der Waals surface area (Å²) in [4.78, 5) is 10.5. The van der Waals surface area contributed by atoms with Crippen molar-refractivity contribution in [3.8, 4) is 11.4 Å². The third kappa shape index (κ3) is 7.99. The van der Waals surface area contributed by atoms with Crippen molar-refractivity contribution in [2.75, 3.05) is 53.9 Å². The number of H-pyrrole nitrogens is 2. The van der Waals surface area contributed by atoms with Gasteiger partial charge in [0.15, 0.2) is 0 Å². The van der Waals surface area contributed by atoms with Gasteiger partial charge in [-0.3, -0.25) is 5.10 Å². The van der Waals surface area contributed by atoms with E-state index in [4.69, 9.17) is 5.10 Å². The van der Waals surface area contributed by atoms with Crippen LogP contribution < -0.4 is 15.9 Å². The lowest BCUT2D eigenvalue weighted by molar-refractivity contribution is 0.207. The number of hydrogen-bond acceptors (Lipinski definition) is 5. The molecule has 3 N–H and O–H groups in total. The van der Waals surface area contributed by atoms with Crippen LogP contribution in [0.25, 0.3) is 29.2 Å². The number of rotatable bonds is 12. The molecule has 41 heavy (non-hydrogen) atoms. The Kier molecular flexibility index (Phi) is 11.1. The zero-order valence-corrected chi connectivity index (χ0v) is 25.8. The molecular weight excluding hydrogens is 506 g/mol. The number of aromatic nitrogens is 3. The van der Waals surface area contributed by atoms with E-state index in [1.54, 1.807) is 6.08 Å². The van der Waals surface area contributed by atoms with E-state index in [1.165, 1.54) is 5.70 Å². The highest BCUT2D eigenvalue weighted by Gasteiger charge is 2.21. The molecule has 0 atom stereocenters. The van der Waals surface area contributed by atoms with Crippen LogP contribution in [0.1, 0.15) is 25.1 Å². The molecule has 0 spiro atoms. The molecule has 2 aromatic rings. The summed E-state index contributed by atoms with van der Waals surface area (Å²) in [7, 11) is 6.20. The van der Waals surface area contributed by atoms with Gasteiger partial charge in [-0.2, -0.15) is 5.10 Å². The van der Waals surface area contributed by atoms with Gasteiger partial charge in [0.1, 0.15) is 5.69 Å². The summed E-state index contributed by atoms with van der Waals surface area (Å²) in [6.07, 6.45) is 14.0. The van der Waals surface area contributed by atoms with Crippen LogP contribution in [0.15, 0.2) is 85.3 Å². The summed E-state index contributed by atoms with van der Waals surface area (Å²) >= 11 is 0. The molecule has 1 saturated heterocycles. The standard InChI is InChI=1S/C34H47N7/c1-11-15-33(41-18-16-40(10)17-19-41)29-22-32(36-26(29)7)34-30(31(14-4)37-38-34)20-24(5)27(12-2)21-28(13-3)35-25(6)23-39(8)9/h11-15,20-22,35-37H,1,3,5-6,16-19,23H2,2,4,7-10H3/b27-12+,28-21+,30-20+,31-14+,33-15+. The van der Waals surface area contributed by atoms with Gasteiger partial charge >= 0.3 is 0 Å². The maximum absolute atomic E-state index is 4.72. The molecule has 0 amide bonds. The van der Waals surface area contributed by atoms with E-state index < -0.39 is 0 Å². The third-order valence-electron chi connectivity index (χ3n) is 7.15. The summed E-state index contributed by atoms with van der Waals surface area (Å²) in [5.74, 6) is 0. The predicted octanol–water partition coefficient (Wildman–Crippen LogP) is 4.31. The second kappa shape index (κ2) is 14.5. The zero-order valence-electron chi connectivity index (χ0n) is 25.8. The summed E-state index contributed by atoms with van der Waals surface area (Å²) in [5, 5.41) is 13.2. The van der Waals surface area contributed by atoms with Crippen LogP contribution in [0, 0.1) is 6.92 Å². The van der Waals surface area contributed by atoms with Gasteiger partial charge in [-0.15, -0.1) is 0 Å². The summed E-state index contributed by atoms with van der Waals surface area (Å²) in [6, 6.07) is 2.20. The SMILES string of the molecule is C=C/C=C(\c1cc(-c2n[nH]c(=C/C)/c2=C\C(=C)C(/C=C(\C=C)NC(=C)CN(C)C)=C/C)[nH]c1C)N1CCN(C)CC1. The maximum atomic E-state index is 4.72. The van der Waals surface area contributed by atoms with Crippen LogP contribution in [0.5, 0.6) is 0 Å². The average Bonchev–Trinajstić information content (AvgIpc) is 3.52. The predicted molar refractivity (Wildman–Crippen MR) is 176 cm³/mol. The van der Waals surface area contributed by atoms with Crippen molar-refractivity contribution in [1.29, 1.82) is 0 Å². The quantitative estimate of drug-likeness (QED) is 0.342. The van der Waals surface area contributed by atoms with Crippen LogP contribution in [-0.4, -0.2) is 83.7 Å². The molecule has 1 aliphatic heterocycles. The molecule has 0 saturated carbocycles. The third-order valence-corrected chi connectivity index (χ3v) is 7.15. The molecule has 0 bridgehead atoms. The van der Waals surface area contributed by atoms with Crippen molar-refractivity contribution < 1.29 is 0 Å². The fourth-order valence-electron chi connectivity index (χ4n) is 4.97. The van der Waals surface area contributed by atoms with Crippen molar-refractivity contribution in [2.24, 2.45) is 0 Å². The molecular formula is C34H47N7. The van der Waals surface area contributed by atoms with Crippen molar-refractivity contribution in [1.82, 2.24) is 35.2 Å². The second-order valence-electron chi connectivity index (χ2n) is 10.7. The highest BCUT2D eigenvalue weighted by Crippen LogP contribution is 2.28. The van der Waals surface area contributed by atoms with E-state index in [0.717, 1.165) is 88.5 Å². The van der Waals surface area contributed by atoms with Crippen molar-refractivity contribution in [3.63, 3.8) is 0 Å². The summed E-state index contributed by atoms with van der Waals surface area (Å²) in [5.41, 5.74) is 8.85. The molecule has 0 radical (unpaired) electrons. The highest BCUT2D eigenvalue weighted by molar-refractivity contribution is 5.74. The average molecular weight is 554 g/mol. The van der Waals surface area contributed by atoms with E-state index >= 15 is 0 Å². The number of nitrogens with zero attached hydrogens (tertiary/aromatic N) is 4. The van der Waals surface area contributed by atoms with E-state index in [2.05, 4.69) is 88.6 Å². The highest BCUT2D eigenvalue weighted by atomic mass is 15.3. The number of piperazine rings is 1. The molecule has 3 heterocycles. The first-order valence-corrected chi connectivity index (χ1v) is 14.1.